The Morgan fingerprint density at radius 1 is 1.18 bits per heavy atom. The highest BCUT2D eigenvalue weighted by molar-refractivity contribution is 5.51. The monoisotopic (exact) mass is 244 g/mol. The van der Waals surface area contributed by atoms with Gasteiger partial charge in [-0.05, 0) is 55.6 Å². The van der Waals surface area contributed by atoms with E-state index < -0.39 is 11.7 Å². The van der Waals surface area contributed by atoms with Gasteiger partial charge in [-0.3, -0.25) is 0 Å². The molecule has 5 heteroatoms. The molecule has 3 N–H and O–H groups in total. The molecule has 2 nitrogen and oxygen atoms in total. The van der Waals surface area contributed by atoms with Gasteiger partial charge in [0.05, 0.1) is 5.56 Å². The van der Waals surface area contributed by atoms with Crippen LogP contribution < -0.4 is 11.1 Å². The molecule has 0 amide bonds. The maximum absolute atomic E-state index is 12.6. The van der Waals surface area contributed by atoms with Crippen molar-refractivity contribution in [1.29, 1.82) is 0 Å². The minimum Gasteiger partial charge on any atom is -0.398 e. The summed E-state index contributed by atoms with van der Waals surface area (Å²) in [6.45, 7) is 1.67. The number of benzene rings is 1. The van der Waals surface area contributed by atoms with Gasteiger partial charge in [-0.2, -0.15) is 13.2 Å². The smallest absolute Gasteiger partial charge is 0.398 e. The summed E-state index contributed by atoms with van der Waals surface area (Å²) in [5, 5.41) is 3.19. The van der Waals surface area contributed by atoms with Crippen LogP contribution in [0.2, 0.25) is 0 Å². The van der Waals surface area contributed by atoms with Crippen molar-refractivity contribution in [3.05, 3.63) is 29.3 Å². The molecule has 1 heterocycles. The normalized spacial score (nSPS) is 18.3. The molecule has 0 spiro atoms. The van der Waals surface area contributed by atoms with Crippen LogP contribution in [0.1, 0.15) is 29.9 Å². The number of nitrogens with one attached hydrogen (secondary N) is 1. The Kier molecular flexibility index (Phi) is 3.28. The van der Waals surface area contributed by atoms with Crippen LogP contribution in [0.15, 0.2) is 18.2 Å². The zero-order valence-corrected chi connectivity index (χ0v) is 9.35. The topological polar surface area (TPSA) is 38.0 Å². The van der Waals surface area contributed by atoms with Crippen molar-refractivity contribution in [1.82, 2.24) is 5.32 Å². The number of nitrogen functional groups attached to an aromatic ring is 1. The maximum atomic E-state index is 12.6. The van der Waals surface area contributed by atoms with Gasteiger partial charge in [-0.25, -0.2) is 0 Å². The Bertz CT molecular complexity index is 395. The van der Waals surface area contributed by atoms with Gasteiger partial charge < -0.3 is 11.1 Å². The van der Waals surface area contributed by atoms with Crippen molar-refractivity contribution in [2.75, 3.05) is 18.8 Å². The van der Waals surface area contributed by atoms with E-state index in [0.29, 0.717) is 11.3 Å². The zero-order valence-electron chi connectivity index (χ0n) is 9.35. The lowest BCUT2D eigenvalue weighted by molar-refractivity contribution is -0.137. The van der Waals surface area contributed by atoms with Crippen molar-refractivity contribution in [3.63, 3.8) is 0 Å². The van der Waals surface area contributed by atoms with Crippen molar-refractivity contribution in [2.45, 2.75) is 24.9 Å². The van der Waals surface area contributed by atoms with Crippen LogP contribution in [-0.2, 0) is 6.18 Å². The summed E-state index contributed by atoms with van der Waals surface area (Å²) in [6.07, 6.45) is -2.62. The Morgan fingerprint density at radius 3 is 2.41 bits per heavy atom. The van der Waals surface area contributed by atoms with E-state index in [1.54, 1.807) is 0 Å². The molecule has 94 valence electrons. The average Bonchev–Trinajstić information content (AvgIpc) is 2.29. The first kappa shape index (κ1) is 12.2. The number of nitrogens with two attached hydrogens (primary N) is 1. The predicted molar refractivity (Wildman–Crippen MR) is 60.7 cm³/mol. The first-order valence-electron chi connectivity index (χ1n) is 5.66. The number of anilines is 1. The lowest BCUT2D eigenvalue weighted by Gasteiger charge is -2.25. The van der Waals surface area contributed by atoms with Crippen molar-refractivity contribution < 1.29 is 13.2 Å². The van der Waals surface area contributed by atoms with Crippen LogP contribution in [0.5, 0.6) is 0 Å². The fraction of sp³-hybridized carbons (Fsp3) is 0.500. The molecule has 0 aliphatic carbocycles. The van der Waals surface area contributed by atoms with E-state index in [4.69, 9.17) is 5.73 Å². The quantitative estimate of drug-likeness (QED) is 0.745. The van der Waals surface area contributed by atoms with Gasteiger partial charge in [0.2, 0.25) is 0 Å². The average molecular weight is 244 g/mol. The molecule has 0 saturated carbocycles. The van der Waals surface area contributed by atoms with Crippen LogP contribution >= 0.6 is 0 Å². The van der Waals surface area contributed by atoms with Gasteiger partial charge in [-0.1, -0.05) is 0 Å². The number of alkyl halides is 3. The molecule has 0 unspecified atom stereocenters. The molecule has 17 heavy (non-hydrogen) atoms. The molecule has 1 aliphatic heterocycles. The highest BCUT2D eigenvalue weighted by atomic mass is 19.4. The number of hydrogen-bond acceptors (Lipinski definition) is 2. The van der Waals surface area contributed by atoms with Crippen molar-refractivity contribution >= 4 is 5.69 Å². The van der Waals surface area contributed by atoms with Crippen molar-refractivity contribution in [3.8, 4) is 0 Å². The number of hydrogen-bond donors (Lipinski definition) is 2. The fourth-order valence-electron chi connectivity index (χ4n) is 2.24. The second-order valence-corrected chi connectivity index (χ2v) is 4.37. The minimum absolute atomic E-state index is 0.138. The molecular formula is C12H15F3N2. The summed E-state index contributed by atoms with van der Waals surface area (Å²) >= 11 is 0. The van der Waals surface area contributed by atoms with Crippen LogP contribution in [0.25, 0.3) is 0 Å². The molecule has 1 aromatic carbocycles. The summed E-state index contributed by atoms with van der Waals surface area (Å²) in [6, 6.07) is 3.60. The molecule has 0 atom stereocenters. The second kappa shape index (κ2) is 4.56. The standard InChI is InChI=1S/C12H15F3N2/c13-12(14,15)9-1-2-11(16)10(7-9)8-3-5-17-6-4-8/h1-2,7-8,17H,3-6,16H2. The van der Waals surface area contributed by atoms with Gasteiger partial charge >= 0.3 is 6.18 Å². The Labute approximate surface area is 98.0 Å². The van der Waals surface area contributed by atoms with Crippen molar-refractivity contribution in [2.24, 2.45) is 0 Å². The molecule has 2 rings (SSSR count). The Morgan fingerprint density at radius 2 is 1.82 bits per heavy atom. The van der Waals surface area contributed by atoms with E-state index in [2.05, 4.69) is 5.32 Å². The molecule has 0 bridgehead atoms. The van der Waals surface area contributed by atoms with Crippen LogP contribution in [-0.4, -0.2) is 13.1 Å². The Hall–Kier alpha value is -1.23. The number of piperidine rings is 1. The van der Waals surface area contributed by atoms with E-state index in [-0.39, 0.29) is 5.92 Å². The van der Waals surface area contributed by atoms with Gasteiger partial charge in [0.1, 0.15) is 0 Å². The van der Waals surface area contributed by atoms with E-state index in [1.165, 1.54) is 12.1 Å². The number of rotatable bonds is 1. The molecular weight excluding hydrogens is 229 g/mol. The molecule has 1 fully saturated rings. The molecule has 1 saturated heterocycles. The second-order valence-electron chi connectivity index (χ2n) is 4.37. The summed E-state index contributed by atoms with van der Waals surface area (Å²) in [4.78, 5) is 0. The van der Waals surface area contributed by atoms with E-state index in [1.807, 2.05) is 0 Å². The van der Waals surface area contributed by atoms with Gasteiger partial charge in [-0.15, -0.1) is 0 Å². The summed E-state index contributed by atoms with van der Waals surface area (Å²) in [5.41, 5.74) is 6.27. The van der Waals surface area contributed by atoms with E-state index >= 15 is 0 Å². The molecule has 1 aromatic rings. The lowest BCUT2D eigenvalue weighted by atomic mass is 9.88. The molecule has 0 aromatic heterocycles. The van der Waals surface area contributed by atoms with Crippen LogP contribution in [0.3, 0.4) is 0 Å². The van der Waals surface area contributed by atoms with Gasteiger partial charge in [0, 0.05) is 5.69 Å². The third-order valence-corrected chi connectivity index (χ3v) is 3.19. The van der Waals surface area contributed by atoms with E-state index in [0.717, 1.165) is 32.0 Å². The summed E-state index contributed by atoms with van der Waals surface area (Å²) in [7, 11) is 0. The lowest BCUT2D eigenvalue weighted by Crippen LogP contribution is -2.27. The first-order chi connectivity index (χ1) is 7.98. The Balaban J connectivity index is 2.31. The largest absolute Gasteiger partial charge is 0.416 e. The summed E-state index contributed by atoms with van der Waals surface area (Å²) in [5.74, 6) is 0.138. The minimum atomic E-state index is -4.30. The third-order valence-electron chi connectivity index (χ3n) is 3.19. The highest BCUT2D eigenvalue weighted by Gasteiger charge is 2.31. The SMILES string of the molecule is Nc1ccc(C(F)(F)F)cc1C1CCNCC1. The fourth-order valence-corrected chi connectivity index (χ4v) is 2.24. The summed E-state index contributed by atoms with van der Waals surface area (Å²) < 4.78 is 37.8. The number of halogens is 3. The maximum Gasteiger partial charge on any atom is 0.416 e. The third kappa shape index (κ3) is 2.72. The molecule has 1 aliphatic rings. The first-order valence-corrected chi connectivity index (χ1v) is 5.66. The van der Waals surface area contributed by atoms with Gasteiger partial charge in [0.15, 0.2) is 0 Å². The zero-order chi connectivity index (χ0) is 12.5. The predicted octanol–water partition coefficient (Wildman–Crippen LogP) is 2.75. The highest BCUT2D eigenvalue weighted by Crippen LogP contribution is 2.35. The molecule has 0 radical (unpaired) electrons. The van der Waals surface area contributed by atoms with Crippen LogP contribution in [0, 0.1) is 0 Å². The van der Waals surface area contributed by atoms with Gasteiger partial charge in [0.25, 0.3) is 0 Å². The van der Waals surface area contributed by atoms with Crippen LogP contribution in [0.4, 0.5) is 18.9 Å². The van der Waals surface area contributed by atoms with E-state index in [9.17, 15) is 13.2 Å².